The van der Waals surface area contributed by atoms with E-state index in [1.807, 2.05) is 0 Å². The number of hydrogen-bond donors (Lipinski definition) is 1. The highest BCUT2D eigenvalue weighted by atomic mass is 35.5. The Bertz CT molecular complexity index is 1750. The van der Waals surface area contributed by atoms with Gasteiger partial charge in [-0.1, -0.05) is 11.6 Å². The second-order valence-corrected chi connectivity index (χ2v) is 11.3. The molecule has 0 aromatic carbocycles. The summed E-state index contributed by atoms with van der Waals surface area (Å²) >= 11 is 5.95. The van der Waals surface area contributed by atoms with E-state index in [0.29, 0.717) is 24.6 Å². The lowest BCUT2D eigenvalue weighted by Crippen LogP contribution is -2.63. The first-order valence-electron chi connectivity index (χ1n) is 11.6. The van der Waals surface area contributed by atoms with Gasteiger partial charge in [-0.25, -0.2) is 14.3 Å². The molecule has 0 bridgehead atoms. The van der Waals surface area contributed by atoms with Crippen molar-refractivity contribution in [2.75, 3.05) is 0 Å². The van der Waals surface area contributed by atoms with Crippen LogP contribution in [0.5, 0.6) is 5.88 Å². The van der Waals surface area contributed by atoms with E-state index in [-0.39, 0.29) is 32.6 Å². The lowest BCUT2D eigenvalue weighted by atomic mass is 10.1. The second-order valence-electron chi connectivity index (χ2n) is 9.31. The van der Waals surface area contributed by atoms with Crippen molar-refractivity contribution in [1.82, 2.24) is 29.9 Å². The van der Waals surface area contributed by atoms with Gasteiger partial charge in [0.05, 0.1) is 11.8 Å². The second kappa shape index (κ2) is 10.7. The molecule has 0 unspecified atom stereocenters. The molecule has 1 amide bonds. The lowest BCUT2D eigenvalue weighted by Gasteiger charge is -2.32. The number of rotatable bonds is 9. The highest BCUT2D eigenvalue weighted by Crippen LogP contribution is 2.55. The van der Waals surface area contributed by atoms with Crippen LogP contribution >= 0.6 is 11.6 Å². The smallest absolute Gasteiger partial charge is 0.355 e. The molecule has 3 heterocycles. The minimum Gasteiger partial charge on any atom is -0.355 e. The van der Waals surface area contributed by atoms with Crippen LogP contribution in [0, 0.1) is 0 Å². The molecule has 3 aromatic rings. The normalized spacial score (nSPS) is 15.3. The van der Waals surface area contributed by atoms with Gasteiger partial charge in [0.1, 0.15) is 5.15 Å². The molecule has 1 aliphatic rings. The summed E-state index contributed by atoms with van der Waals surface area (Å²) in [5, 5.41) is 1.41. The maximum Gasteiger partial charge on any atom is 0.460 e. The average Bonchev–Trinajstić information content (AvgIpc) is 3.45. The SMILES string of the molecule is Cn1nc(OS(=O)(=O)C(F)(F)C(F)(F)C(F)(F)C(F)(F)F)c(C(F)(F)F)c1-n1cc(-c2cnc(Cl)c(C(=O)NC3CC3)c2)cn1. The molecule has 0 radical (unpaired) electrons. The first-order valence-corrected chi connectivity index (χ1v) is 13.4. The average molecular weight is 709 g/mol. The van der Waals surface area contributed by atoms with Gasteiger partial charge in [-0.2, -0.15) is 66.2 Å². The predicted molar refractivity (Wildman–Crippen MR) is 125 cm³/mol. The van der Waals surface area contributed by atoms with Crippen LogP contribution in [0.3, 0.4) is 0 Å². The van der Waals surface area contributed by atoms with Crippen LogP contribution in [0.2, 0.25) is 5.15 Å². The maximum absolute atomic E-state index is 14.1. The summed E-state index contributed by atoms with van der Waals surface area (Å²) in [6.45, 7) is 0. The Labute approximate surface area is 247 Å². The van der Waals surface area contributed by atoms with Crippen LogP contribution in [-0.2, 0) is 23.3 Å². The van der Waals surface area contributed by atoms with Gasteiger partial charge in [-0.15, -0.1) is 5.10 Å². The molecule has 0 saturated heterocycles. The molecule has 24 heteroatoms. The minimum absolute atomic E-state index is 0.0360. The number of alkyl halides is 12. The van der Waals surface area contributed by atoms with Gasteiger partial charge in [-0.05, 0) is 18.9 Å². The largest absolute Gasteiger partial charge is 0.460 e. The predicted octanol–water partition coefficient (Wildman–Crippen LogP) is 5.37. The molecule has 1 aliphatic carbocycles. The summed E-state index contributed by atoms with van der Waals surface area (Å²) in [5.41, 5.74) is -2.58. The van der Waals surface area contributed by atoms with Crippen molar-refractivity contribution in [3.8, 4) is 22.8 Å². The fourth-order valence-corrected chi connectivity index (χ4v) is 4.64. The molecule has 45 heavy (non-hydrogen) atoms. The molecule has 4 rings (SSSR count). The molecule has 1 N–H and O–H groups in total. The van der Waals surface area contributed by atoms with E-state index in [2.05, 4.69) is 24.7 Å². The zero-order valence-corrected chi connectivity index (χ0v) is 23.1. The van der Waals surface area contributed by atoms with Gasteiger partial charge < -0.3 is 9.50 Å². The molecule has 0 atom stereocenters. The highest BCUT2D eigenvalue weighted by Gasteiger charge is 2.86. The monoisotopic (exact) mass is 708 g/mol. The van der Waals surface area contributed by atoms with Crippen LogP contribution in [0.15, 0.2) is 24.7 Å². The summed E-state index contributed by atoms with van der Waals surface area (Å²) in [7, 11) is -7.14. The Morgan fingerprint density at radius 3 is 2.11 bits per heavy atom. The third-order valence-electron chi connectivity index (χ3n) is 6.02. The van der Waals surface area contributed by atoms with E-state index in [4.69, 9.17) is 11.6 Å². The number of halogens is 13. The van der Waals surface area contributed by atoms with Crippen molar-refractivity contribution in [3.05, 3.63) is 40.9 Å². The van der Waals surface area contributed by atoms with Crippen LogP contribution in [0.1, 0.15) is 28.8 Å². The Balaban J connectivity index is 1.75. The number of hydrogen-bond acceptors (Lipinski definition) is 7. The number of nitrogens with zero attached hydrogens (tertiary/aromatic N) is 5. The molecular formula is C21H13ClF12N6O4S. The van der Waals surface area contributed by atoms with Crippen LogP contribution in [-0.4, -0.2) is 68.2 Å². The summed E-state index contributed by atoms with van der Waals surface area (Å²) < 4.78 is 189. The fourth-order valence-electron chi connectivity index (χ4n) is 3.58. The lowest BCUT2D eigenvalue weighted by molar-refractivity contribution is -0.382. The van der Waals surface area contributed by atoms with Gasteiger partial charge in [-0.3, -0.25) is 4.79 Å². The molecule has 10 nitrogen and oxygen atoms in total. The van der Waals surface area contributed by atoms with Gasteiger partial charge >= 0.3 is 39.6 Å². The molecule has 0 spiro atoms. The Kier molecular flexibility index (Phi) is 8.08. The standard InChI is InChI=1S/C21H13ClF12N6O4S/c1-39-16(40-7-9(6-36-40)8-4-11(13(22)35-5-8)14(41)37-10-2-3-10)12(17(23,24)25)15(38-39)44-45(42,43)21(33,34)19(28,29)18(26,27)20(30,31)32/h4-7,10H,2-3H2,1H3,(H,37,41). The number of nitrogens with one attached hydrogen (secondary N) is 1. The van der Waals surface area contributed by atoms with Crippen molar-refractivity contribution in [2.24, 2.45) is 7.05 Å². The maximum atomic E-state index is 14.1. The Morgan fingerprint density at radius 2 is 1.58 bits per heavy atom. The molecule has 3 aromatic heterocycles. The molecular weight excluding hydrogens is 696 g/mol. The van der Waals surface area contributed by atoms with E-state index in [1.54, 1.807) is 0 Å². The van der Waals surface area contributed by atoms with E-state index in [0.717, 1.165) is 18.6 Å². The van der Waals surface area contributed by atoms with Crippen molar-refractivity contribution in [2.45, 2.75) is 48.3 Å². The molecule has 0 aliphatic heterocycles. The highest BCUT2D eigenvalue weighted by molar-refractivity contribution is 7.88. The minimum atomic E-state index is -7.77. The third kappa shape index (κ3) is 5.86. The van der Waals surface area contributed by atoms with Crippen LogP contribution in [0.25, 0.3) is 16.9 Å². The van der Waals surface area contributed by atoms with E-state index in [9.17, 15) is 65.9 Å². The topological polar surface area (TPSA) is 121 Å². The summed E-state index contributed by atoms with van der Waals surface area (Å²) in [5.74, 6) is -19.9. The summed E-state index contributed by atoms with van der Waals surface area (Å²) in [4.78, 5) is 16.2. The van der Waals surface area contributed by atoms with Crippen molar-refractivity contribution in [1.29, 1.82) is 0 Å². The third-order valence-corrected chi connectivity index (χ3v) is 7.58. The zero-order chi connectivity index (χ0) is 34.1. The first kappa shape index (κ1) is 34.1. The van der Waals surface area contributed by atoms with E-state index in [1.165, 1.54) is 6.07 Å². The summed E-state index contributed by atoms with van der Waals surface area (Å²) in [6.07, 6.45) is -9.08. The molecule has 1 saturated carbocycles. The van der Waals surface area contributed by atoms with Gasteiger partial charge in [0, 0.05) is 36.6 Å². The number of carbonyl (C=O) groups excluding carboxylic acids is 1. The number of amides is 1. The summed E-state index contributed by atoms with van der Waals surface area (Å²) in [6, 6.07) is 1.08. The van der Waals surface area contributed by atoms with Crippen molar-refractivity contribution in [3.63, 3.8) is 0 Å². The molecule has 248 valence electrons. The van der Waals surface area contributed by atoms with Crippen molar-refractivity contribution < 1.29 is 70.1 Å². The first-order chi connectivity index (χ1) is 20.3. The van der Waals surface area contributed by atoms with Crippen LogP contribution < -0.4 is 9.50 Å². The fraction of sp³-hybridized carbons (Fsp3) is 0.429. The van der Waals surface area contributed by atoms with Gasteiger partial charge in [0.15, 0.2) is 11.4 Å². The van der Waals surface area contributed by atoms with E-state index >= 15 is 0 Å². The van der Waals surface area contributed by atoms with Crippen molar-refractivity contribution >= 4 is 27.6 Å². The Hall–Kier alpha value is -3.76. The number of aryl methyl sites for hydroxylation is 1. The zero-order valence-electron chi connectivity index (χ0n) is 21.5. The number of pyridine rings is 1. The quantitative estimate of drug-likeness (QED) is 0.180. The Morgan fingerprint density at radius 1 is 0.978 bits per heavy atom. The van der Waals surface area contributed by atoms with E-state index < -0.39 is 62.7 Å². The van der Waals surface area contributed by atoms with Crippen LogP contribution in [0.4, 0.5) is 52.7 Å². The van der Waals surface area contributed by atoms with Gasteiger partial charge in [0.25, 0.3) is 11.8 Å². The van der Waals surface area contributed by atoms with Gasteiger partial charge in [0.2, 0.25) is 0 Å². The number of carbonyl (C=O) groups is 1. The molecule has 1 fully saturated rings. The number of aromatic nitrogens is 5.